The summed E-state index contributed by atoms with van der Waals surface area (Å²) in [6, 6.07) is 10.0. The number of hydrogen-bond acceptors (Lipinski definition) is 4. The Morgan fingerprint density at radius 3 is 2.54 bits per heavy atom. The number of nitrogens with zero attached hydrogens (tertiary/aromatic N) is 1. The van der Waals surface area contributed by atoms with Crippen molar-refractivity contribution in [3.05, 3.63) is 54.0 Å². The van der Waals surface area contributed by atoms with Crippen molar-refractivity contribution in [2.45, 2.75) is 31.1 Å². The molecule has 1 aliphatic rings. The molecule has 2 heterocycles. The largest absolute Gasteiger partial charge is 0.462 e. The average molecular weight is 374 g/mol. The molecule has 1 aromatic heterocycles. The molecular formula is C19H22N2O4S. The third-order valence-corrected chi connectivity index (χ3v) is 6.19. The second kappa shape index (κ2) is 7.88. The SMILES string of the molecule is Cc1ccc(C=CC(=O)Nc2ccccc2S(=O)(=O)N2CCCCC2)o1. The van der Waals surface area contributed by atoms with Crippen molar-refractivity contribution < 1.29 is 17.6 Å². The molecule has 1 amide bonds. The normalized spacial score (nSPS) is 16.0. The zero-order valence-electron chi connectivity index (χ0n) is 14.6. The van der Waals surface area contributed by atoms with Gasteiger partial charge in [0.05, 0.1) is 5.69 Å². The number of benzene rings is 1. The number of nitrogens with one attached hydrogen (secondary N) is 1. The first kappa shape index (κ1) is 18.4. The van der Waals surface area contributed by atoms with Gasteiger partial charge in [-0.05, 0) is 50.1 Å². The Kier molecular flexibility index (Phi) is 5.58. The first-order chi connectivity index (χ1) is 12.5. The van der Waals surface area contributed by atoms with Gasteiger partial charge in [-0.25, -0.2) is 8.42 Å². The van der Waals surface area contributed by atoms with Crippen LogP contribution in [0.4, 0.5) is 5.69 Å². The summed E-state index contributed by atoms with van der Waals surface area (Å²) < 4.78 is 32.7. The highest BCUT2D eigenvalue weighted by molar-refractivity contribution is 7.89. The van der Waals surface area contributed by atoms with Crippen molar-refractivity contribution in [1.82, 2.24) is 4.31 Å². The van der Waals surface area contributed by atoms with Crippen molar-refractivity contribution in [1.29, 1.82) is 0 Å². The van der Waals surface area contributed by atoms with Crippen LogP contribution in [-0.4, -0.2) is 31.7 Å². The maximum Gasteiger partial charge on any atom is 0.248 e. The van der Waals surface area contributed by atoms with Crippen LogP contribution in [0.5, 0.6) is 0 Å². The van der Waals surface area contributed by atoms with E-state index in [0.717, 1.165) is 25.0 Å². The monoisotopic (exact) mass is 374 g/mol. The molecule has 0 radical (unpaired) electrons. The number of anilines is 1. The van der Waals surface area contributed by atoms with Gasteiger partial charge >= 0.3 is 0 Å². The number of carbonyl (C=O) groups excluding carboxylic acids is 1. The minimum absolute atomic E-state index is 0.123. The maximum absolute atomic E-state index is 12.9. The van der Waals surface area contributed by atoms with Crippen LogP contribution in [0.15, 0.2) is 51.8 Å². The predicted molar refractivity (Wildman–Crippen MR) is 100 cm³/mol. The predicted octanol–water partition coefficient (Wildman–Crippen LogP) is 3.41. The van der Waals surface area contributed by atoms with Crippen LogP contribution in [-0.2, 0) is 14.8 Å². The number of furan rings is 1. The second-order valence-corrected chi connectivity index (χ2v) is 8.14. The van der Waals surface area contributed by atoms with Gasteiger partial charge in [0, 0.05) is 19.2 Å². The maximum atomic E-state index is 12.9. The zero-order valence-corrected chi connectivity index (χ0v) is 15.5. The van der Waals surface area contributed by atoms with Gasteiger partial charge in [0.2, 0.25) is 15.9 Å². The Morgan fingerprint density at radius 1 is 1.12 bits per heavy atom. The molecular weight excluding hydrogens is 352 g/mol. The van der Waals surface area contributed by atoms with Crippen LogP contribution in [0.25, 0.3) is 6.08 Å². The number of piperidine rings is 1. The van der Waals surface area contributed by atoms with E-state index in [1.165, 1.54) is 16.4 Å². The first-order valence-corrected chi connectivity index (χ1v) is 10.1. The fraction of sp³-hybridized carbons (Fsp3) is 0.316. The van der Waals surface area contributed by atoms with Crippen molar-refractivity contribution in [2.75, 3.05) is 18.4 Å². The van der Waals surface area contributed by atoms with E-state index in [2.05, 4.69) is 5.32 Å². The molecule has 1 fully saturated rings. The van der Waals surface area contributed by atoms with Gasteiger partial charge in [0.1, 0.15) is 16.4 Å². The van der Waals surface area contributed by atoms with Crippen LogP contribution >= 0.6 is 0 Å². The summed E-state index contributed by atoms with van der Waals surface area (Å²) in [5.41, 5.74) is 0.281. The number of carbonyl (C=O) groups is 1. The molecule has 7 heteroatoms. The molecule has 0 saturated carbocycles. The third-order valence-electron chi connectivity index (χ3n) is 4.24. The summed E-state index contributed by atoms with van der Waals surface area (Å²) >= 11 is 0. The fourth-order valence-electron chi connectivity index (χ4n) is 2.91. The molecule has 26 heavy (non-hydrogen) atoms. The summed E-state index contributed by atoms with van der Waals surface area (Å²) in [6.07, 6.45) is 5.63. The minimum Gasteiger partial charge on any atom is -0.462 e. The molecule has 1 saturated heterocycles. The summed E-state index contributed by atoms with van der Waals surface area (Å²) in [7, 11) is -3.63. The average Bonchev–Trinajstić information content (AvgIpc) is 3.06. The number of amides is 1. The molecule has 0 aliphatic carbocycles. The van der Waals surface area contributed by atoms with Crippen LogP contribution in [0.2, 0.25) is 0 Å². The van der Waals surface area contributed by atoms with E-state index in [-0.39, 0.29) is 10.6 Å². The topological polar surface area (TPSA) is 79.6 Å². The summed E-state index contributed by atoms with van der Waals surface area (Å²) in [5.74, 6) is 0.898. The Morgan fingerprint density at radius 2 is 1.85 bits per heavy atom. The molecule has 0 unspecified atom stereocenters. The van der Waals surface area contributed by atoms with Crippen LogP contribution in [0, 0.1) is 6.92 Å². The van der Waals surface area contributed by atoms with Gasteiger partial charge in [-0.2, -0.15) is 4.31 Å². The summed E-state index contributed by atoms with van der Waals surface area (Å²) in [5, 5.41) is 2.66. The van der Waals surface area contributed by atoms with Crippen molar-refractivity contribution in [2.24, 2.45) is 0 Å². The Bertz CT molecular complexity index is 909. The Labute approximate surface area is 153 Å². The quantitative estimate of drug-likeness (QED) is 0.814. The van der Waals surface area contributed by atoms with Crippen LogP contribution < -0.4 is 5.32 Å². The lowest BCUT2D eigenvalue weighted by atomic mass is 10.2. The summed E-state index contributed by atoms with van der Waals surface area (Å²) in [4.78, 5) is 12.3. The van der Waals surface area contributed by atoms with E-state index < -0.39 is 15.9 Å². The highest BCUT2D eigenvalue weighted by Gasteiger charge is 2.28. The van der Waals surface area contributed by atoms with Gasteiger partial charge in [-0.1, -0.05) is 18.6 Å². The molecule has 138 valence electrons. The van der Waals surface area contributed by atoms with E-state index >= 15 is 0 Å². The minimum atomic E-state index is -3.63. The van der Waals surface area contributed by atoms with E-state index in [4.69, 9.17) is 4.42 Å². The van der Waals surface area contributed by atoms with E-state index in [1.54, 1.807) is 36.4 Å². The van der Waals surface area contributed by atoms with E-state index in [9.17, 15) is 13.2 Å². The van der Waals surface area contributed by atoms with Crippen LogP contribution in [0.3, 0.4) is 0 Å². The smallest absolute Gasteiger partial charge is 0.248 e. The van der Waals surface area contributed by atoms with Gasteiger partial charge in [0.15, 0.2) is 0 Å². The van der Waals surface area contributed by atoms with Crippen molar-refractivity contribution in [3.63, 3.8) is 0 Å². The number of sulfonamides is 1. The lowest BCUT2D eigenvalue weighted by molar-refractivity contribution is -0.111. The van der Waals surface area contributed by atoms with Crippen LogP contribution in [0.1, 0.15) is 30.8 Å². The fourth-order valence-corrected chi connectivity index (χ4v) is 4.58. The summed E-state index contributed by atoms with van der Waals surface area (Å²) in [6.45, 7) is 2.85. The molecule has 6 nitrogen and oxygen atoms in total. The van der Waals surface area contributed by atoms with Crippen molar-refractivity contribution >= 4 is 27.7 Å². The number of hydrogen-bond donors (Lipinski definition) is 1. The number of aryl methyl sites for hydroxylation is 1. The lowest BCUT2D eigenvalue weighted by Crippen LogP contribution is -2.36. The highest BCUT2D eigenvalue weighted by atomic mass is 32.2. The molecule has 3 rings (SSSR count). The second-order valence-electron chi connectivity index (χ2n) is 6.23. The van der Waals surface area contributed by atoms with Gasteiger partial charge in [-0.15, -0.1) is 0 Å². The number of rotatable bonds is 5. The first-order valence-electron chi connectivity index (χ1n) is 8.61. The van der Waals surface area contributed by atoms with Crippen molar-refractivity contribution in [3.8, 4) is 0 Å². The zero-order chi connectivity index (χ0) is 18.6. The van der Waals surface area contributed by atoms with E-state index in [0.29, 0.717) is 18.8 Å². The Hall–Kier alpha value is -2.38. The molecule has 1 aliphatic heterocycles. The molecule has 1 aromatic carbocycles. The molecule has 0 bridgehead atoms. The highest BCUT2D eigenvalue weighted by Crippen LogP contribution is 2.26. The van der Waals surface area contributed by atoms with E-state index in [1.807, 2.05) is 6.92 Å². The molecule has 0 spiro atoms. The molecule has 2 aromatic rings. The molecule has 1 N–H and O–H groups in total. The number of para-hydroxylation sites is 1. The van der Waals surface area contributed by atoms with Gasteiger partial charge < -0.3 is 9.73 Å². The lowest BCUT2D eigenvalue weighted by Gasteiger charge is -2.26. The standard InChI is InChI=1S/C19H22N2O4S/c1-15-9-10-16(25-15)11-12-19(22)20-17-7-3-4-8-18(17)26(23,24)21-13-5-2-6-14-21/h3-4,7-12H,2,5-6,13-14H2,1H3,(H,20,22). The van der Waals surface area contributed by atoms with Gasteiger partial charge in [0.25, 0.3) is 0 Å². The third kappa shape index (κ3) is 4.23. The molecule has 0 atom stereocenters. The Balaban J connectivity index is 1.78. The van der Waals surface area contributed by atoms with Gasteiger partial charge in [-0.3, -0.25) is 4.79 Å².